The Morgan fingerprint density at radius 3 is 1.76 bits per heavy atom. The number of hydrogen-bond acceptors (Lipinski definition) is 6. The van der Waals surface area contributed by atoms with Gasteiger partial charge in [-0.05, 0) is 6.07 Å². The van der Waals surface area contributed by atoms with Crippen molar-refractivity contribution in [3.05, 3.63) is 34.2 Å². The van der Waals surface area contributed by atoms with Crippen LogP contribution in [0, 0.1) is 0 Å². The van der Waals surface area contributed by atoms with Crippen molar-refractivity contribution in [1.29, 1.82) is 0 Å². The number of fused-ring (bicyclic) bond motifs is 1. The van der Waals surface area contributed by atoms with Crippen molar-refractivity contribution in [1.82, 2.24) is 0 Å². The molecule has 1 aromatic carbocycles. The van der Waals surface area contributed by atoms with E-state index in [-0.39, 0.29) is 18.2 Å². The van der Waals surface area contributed by atoms with E-state index in [0.717, 1.165) is 0 Å². The van der Waals surface area contributed by atoms with Gasteiger partial charge in [-0.15, -0.1) is 0 Å². The van der Waals surface area contributed by atoms with Gasteiger partial charge in [0.1, 0.15) is 5.58 Å². The standard InChI is InChI=1S/C15H6F12O6S/c1-31-8-2-5-6(11(16,17)18)3-10(28)32-7(5)4-9(8)33-34(29,30)15(26,27)13(21,22)12(19,20)14(23,24)25/h2-4H,1H3. The minimum atomic E-state index is -7.63. The highest BCUT2D eigenvalue weighted by Gasteiger charge is 2.86. The lowest BCUT2D eigenvalue weighted by atomic mass is 10.1. The second kappa shape index (κ2) is 7.84. The minimum absolute atomic E-state index is 0.0571. The van der Waals surface area contributed by atoms with Gasteiger partial charge < -0.3 is 13.3 Å². The van der Waals surface area contributed by atoms with Crippen LogP contribution in [0.15, 0.2) is 27.4 Å². The Bertz CT molecular complexity index is 1260. The fraction of sp³-hybridized carbons (Fsp3) is 0.400. The van der Waals surface area contributed by atoms with Crippen LogP contribution in [-0.4, -0.2) is 38.8 Å². The second-order valence-electron chi connectivity index (χ2n) is 6.18. The first kappa shape index (κ1) is 27.4. The van der Waals surface area contributed by atoms with E-state index in [0.29, 0.717) is 7.11 Å². The zero-order chi connectivity index (χ0) is 26.7. The zero-order valence-corrected chi connectivity index (χ0v) is 16.4. The summed E-state index contributed by atoms with van der Waals surface area (Å²) in [5.74, 6) is -18.2. The SMILES string of the molecule is COc1cc2c(C(F)(F)F)cc(=O)oc2cc1OS(=O)(=O)C(F)(F)C(F)(F)C(F)(F)C(F)(F)F. The third-order valence-electron chi connectivity index (χ3n) is 3.96. The molecule has 192 valence electrons. The smallest absolute Gasteiger partial charge is 0.460 e. The molecule has 0 spiro atoms. The molecule has 0 atom stereocenters. The van der Waals surface area contributed by atoms with E-state index >= 15 is 0 Å². The van der Waals surface area contributed by atoms with Crippen LogP contribution in [0.1, 0.15) is 5.56 Å². The quantitative estimate of drug-likeness (QED) is 0.292. The van der Waals surface area contributed by atoms with Gasteiger partial charge in [-0.3, -0.25) is 0 Å². The summed E-state index contributed by atoms with van der Waals surface area (Å²) in [6.45, 7) is 0. The average molecular weight is 542 g/mol. The number of ether oxygens (including phenoxy) is 1. The van der Waals surface area contributed by atoms with E-state index in [1.54, 1.807) is 0 Å². The number of benzene rings is 1. The first-order valence-electron chi connectivity index (χ1n) is 7.88. The van der Waals surface area contributed by atoms with Crippen molar-refractivity contribution < 1.29 is 74.4 Å². The van der Waals surface area contributed by atoms with E-state index < -0.39 is 73.2 Å². The molecule has 6 nitrogen and oxygen atoms in total. The van der Waals surface area contributed by atoms with Crippen molar-refractivity contribution in [2.45, 2.75) is 29.5 Å². The van der Waals surface area contributed by atoms with E-state index in [4.69, 9.17) is 0 Å². The molecule has 0 fully saturated rings. The average Bonchev–Trinajstić information content (AvgIpc) is 2.64. The largest absolute Gasteiger partial charge is 0.493 e. The van der Waals surface area contributed by atoms with Gasteiger partial charge in [0.15, 0.2) is 11.5 Å². The summed E-state index contributed by atoms with van der Waals surface area (Å²) >= 11 is 0. The van der Waals surface area contributed by atoms with Gasteiger partial charge in [0.2, 0.25) is 0 Å². The van der Waals surface area contributed by atoms with Gasteiger partial charge in [0.05, 0.1) is 12.7 Å². The van der Waals surface area contributed by atoms with Crippen LogP contribution in [0.2, 0.25) is 0 Å². The molecule has 0 bridgehead atoms. The summed E-state index contributed by atoms with van der Waals surface area (Å²) in [5.41, 5.74) is -4.67. The summed E-state index contributed by atoms with van der Waals surface area (Å²) < 4.78 is 192. The molecule has 19 heteroatoms. The highest BCUT2D eigenvalue weighted by atomic mass is 32.2. The molecule has 0 N–H and O–H groups in total. The minimum Gasteiger partial charge on any atom is -0.493 e. The lowest BCUT2D eigenvalue weighted by Crippen LogP contribution is -2.63. The lowest BCUT2D eigenvalue weighted by Gasteiger charge is -2.32. The van der Waals surface area contributed by atoms with Gasteiger partial charge in [-0.1, -0.05) is 0 Å². The molecule has 1 aromatic heterocycles. The van der Waals surface area contributed by atoms with Crippen LogP contribution in [0.3, 0.4) is 0 Å². The maximum atomic E-state index is 13.8. The molecule has 0 aliphatic rings. The molecule has 0 aliphatic carbocycles. The molecule has 0 amide bonds. The van der Waals surface area contributed by atoms with Gasteiger partial charge in [0, 0.05) is 17.5 Å². The maximum absolute atomic E-state index is 13.8. The molecule has 0 saturated heterocycles. The summed E-state index contributed by atoms with van der Waals surface area (Å²) in [6.07, 6.45) is -12.6. The van der Waals surface area contributed by atoms with E-state index in [1.165, 1.54) is 0 Å². The number of methoxy groups -OCH3 is 1. The molecular weight excluding hydrogens is 536 g/mol. The third kappa shape index (κ3) is 4.20. The van der Waals surface area contributed by atoms with Gasteiger partial charge in [-0.2, -0.15) is 61.1 Å². The molecule has 2 aromatic rings. The Labute approximate surface area is 178 Å². The topological polar surface area (TPSA) is 82.8 Å². The van der Waals surface area contributed by atoms with Crippen LogP contribution < -0.4 is 14.5 Å². The predicted molar refractivity (Wildman–Crippen MR) is 84.5 cm³/mol. The van der Waals surface area contributed by atoms with Gasteiger partial charge >= 0.3 is 45.2 Å². The highest BCUT2D eigenvalue weighted by Crippen LogP contribution is 2.55. The Kier molecular flexibility index (Phi) is 6.31. The predicted octanol–water partition coefficient (Wildman–Crippen LogP) is 4.95. The van der Waals surface area contributed by atoms with Crippen molar-refractivity contribution in [3.63, 3.8) is 0 Å². The Morgan fingerprint density at radius 2 is 1.32 bits per heavy atom. The van der Waals surface area contributed by atoms with Crippen LogP contribution in [-0.2, 0) is 16.3 Å². The normalized spacial score (nSPS) is 14.4. The van der Waals surface area contributed by atoms with E-state index in [2.05, 4.69) is 13.3 Å². The number of hydrogen-bond donors (Lipinski definition) is 0. The summed E-state index contributed by atoms with van der Waals surface area (Å²) in [4.78, 5) is 11.3. The Morgan fingerprint density at radius 1 is 0.794 bits per heavy atom. The van der Waals surface area contributed by atoms with Crippen molar-refractivity contribution in [3.8, 4) is 11.5 Å². The van der Waals surface area contributed by atoms with Crippen molar-refractivity contribution in [2.24, 2.45) is 0 Å². The molecule has 0 radical (unpaired) electrons. The van der Waals surface area contributed by atoms with Gasteiger partial charge in [-0.25, -0.2) is 4.79 Å². The molecule has 2 rings (SSSR count). The van der Waals surface area contributed by atoms with Crippen molar-refractivity contribution >= 4 is 21.1 Å². The fourth-order valence-corrected chi connectivity index (χ4v) is 3.23. The highest BCUT2D eigenvalue weighted by molar-refractivity contribution is 7.88. The molecular formula is C15H6F12O6S. The zero-order valence-electron chi connectivity index (χ0n) is 15.6. The first-order chi connectivity index (χ1) is 15.0. The molecule has 0 saturated carbocycles. The fourth-order valence-electron chi connectivity index (χ4n) is 2.32. The maximum Gasteiger partial charge on any atom is 0.460 e. The van der Waals surface area contributed by atoms with Crippen molar-refractivity contribution in [2.75, 3.05) is 7.11 Å². The molecule has 34 heavy (non-hydrogen) atoms. The second-order valence-corrected chi connectivity index (χ2v) is 7.76. The summed E-state index contributed by atoms with van der Waals surface area (Å²) in [7, 11) is -6.88. The Hall–Kier alpha value is -2.86. The number of rotatable bonds is 6. The monoisotopic (exact) mass is 542 g/mol. The molecule has 1 heterocycles. The third-order valence-corrected chi connectivity index (χ3v) is 5.25. The molecule has 0 unspecified atom stereocenters. The summed E-state index contributed by atoms with van der Waals surface area (Å²) in [5, 5.41) is -8.32. The number of alkyl halides is 12. The van der Waals surface area contributed by atoms with Crippen LogP contribution in [0.4, 0.5) is 52.7 Å². The van der Waals surface area contributed by atoms with E-state index in [9.17, 15) is 65.9 Å². The van der Waals surface area contributed by atoms with E-state index in [1.807, 2.05) is 0 Å². The van der Waals surface area contributed by atoms with Crippen LogP contribution >= 0.6 is 0 Å². The first-order valence-corrected chi connectivity index (χ1v) is 9.29. The lowest BCUT2D eigenvalue weighted by molar-refractivity contribution is -0.382. The van der Waals surface area contributed by atoms with Gasteiger partial charge in [0.25, 0.3) is 0 Å². The van der Waals surface area contributed by atoms with Crippen LogP contribution in [0.5, 0.6) is 11.5 Å². The Balaban J connectivity index is 2.71. The van der Waals surface area contributed by atoms with Crippen LogP contribution in [0.25, 0.3) is 11.0 Å². The molecule has 0 aliphatic heterocycles. The number of halogens is 12. The summed E-state index contributed by atoms with van der Waals surface area (Å²) in [6, 6.07) is 0.0536.